The largest absolute Gasteiger partial charge is 0.481 e. The van der Waals surface area contributed by atoms with E-state index >= 15 is 0 Å². The van der Waals surface area contributed by atoms with Gasteiger partial charge in [0.2, 0.25) is 11.8 Å². The number of rotatable bonds is 8. The van der Waals surface area contributed by atoms with Crippen LogP contribution in [0.25, 0.3) is 0 Å². The molecule has 2 amide bonds. The van der Waals surface area contributed by atoms with E-state index < -0.39 is 48.3 Å². The zero-order valence-corrected chi connectivity index (χ0v) is 13.9. The van der Waals surface area contributed by atoms with E-state index in [2.05, 4.69) is 15.4 Å². The van der Waals surface area contributed by atoms with Crippen LogP contribution in [0.2, 0.25) is 0 Å². The molecule has 5 N–H and O–H groups in total. The Morgan fingerprint density at radius 2 is 1.72 bits per heavy atom. The second-order valence-electron chi connectivity index (χ2n) is 5.32. The Morgan fingerprint density at radius 3 is 2.20 bits per heavy atom. The minimum Gasteiger partial charge on any atom is -0.481 e. The van der Waals surface area contributed by atoms with E-state index in [9.17, 15) is 19.2 Å². The van der Waals surface area contributed by atoms with E-state index in [-0.39, 0.29) is 0 Å². The highest BCUT2D eigenvalue weighted by Crippen LogP contribution is 2.14. The molecule has 0 heterocycles. The fraction of sp³-hybridized carbons (Fsp3) is 0.375. The van der Waals surface area contributed by atoms with Crippen LogP contribution in [-0.2, 0) is 23.9 Å². The van der Waals surface area contributed by atoms with Crippen LogP contribution in [0.5, 0.6) is 0 Å². The molecule has 1 rings (SSSR count). The summed E-state index contributed by atoms with van der Waals surface area (Å²) < 4.78 is 4.67. The number of hydrogen-bond acceptors (Lipinski definition) is 6. The summed E-state index contributed by atoms with van der Waals surface area (Å²) in [5, 5.41) is 13.6. The molecule has 3 atom stereocenters. The highest BCUT2D eigenvalue weighted by molar-refractivity contribution is 5.94. The Bertz CT molecular complexity index is 632. The Morgan fingerprint density at radius 1 is 1.12 bits per heavy atom. The number of nitrogens with two attached hydrogens (primary N) is 1. The number of carbonyl (C=O) groups excluding carboxylic acids is 3. The molecule has 0 saturated heterocycles. The molecule has 0 radical (unpaired) electrons. The molecule has 1 aromatic rings. The van der Waals surface area contributed by atoms with E-state index in [1.807, 2.05) is 0 Å². The number of aliphatic carboxylic acids is 1. The lowest BCUT2D eigenvalue weighted by molar-refractivity contribution is -0.146. The molecule has 25 heavy (non-hydrogen) atoms. The molecule has 0 aliphatic heterocycles. The van der Waals surface area contributed by atoms with Crippen molar-refractivity contribution in [3.8, 4) is 0 Å². The Labute approximate surface area is 144 Å². The first-order chi connectivity index (χ1) is 11.8. The number of carboxylic acids is 1. The number of carboxylic acid groups (broad SMARTS) is 1. The summed E-state index contributed by atoms with van der Waals surface area (Å²) in [5.74, 6) is -3.54. The zero-order valence-electron chi connectivity index (χ0n) is 13.9. The van der Waals surface area contributed by atoms with Crippen LogP contribution in [0.15, 0.2) is 30.3 Å². The maximum atomic E-state index is 12.4. The summed E-state index contributed by atoms with van der Waals surface area (Å²) >= 11 is 0. The second kappa shape index (κ2) is 9.38. The number of nitrogens with one attached hydrogen (secondary N) is 2. The van der Waals surface area contributed by atoms with Crippen molar-refractivity contribution in [2.45, 2.75) is 31.5 Å². The van der Waals surface area contributed by atoms with Gasteiger partial charge in [0.25, 0.3) is 0 Å². The standard InChI is InChI=1S/C16H21N3O6/c1-9(17)14(22)18-11(8-12(20)21)15(23)19-13(16(24)25-2)10-6-4-3-5-7-10/h3-7,9,11,13H,8,17H2,1-2H3,(H,18,22)(H,19,23)(H,20,21)/t9-,11+,13+/m1/s1. The molecule has 0 aromatic heterocycles. The third kappa shape index (κ3) is 6.22. The van der Waals surface area contributed by atoms with Gasteiger partial charge in [0, 0.05) is 0 Å². The number of ether oxygens (including phenoxy) is 1. The van der Waals surface area contributed by atoms with Crippen molar-refractivity contribution in [1.82, 2.24) is 10.6 Å². The third-order valence-electron chi connectivity index (χ3n) is 3.28. The average Bonchev–Trinajstić information content (AvgIpc) is 2.58. The Balaban J connectivity index is 2.98. The Kier molecular flexibility index (Phi) is 7.54. The van der Waals surface area contributed by atoms with Crippen molar-refractivity contribution in [2.75, 3.05) is 7.11 Å². The Hall–Kier alpha value is -2.94. The normalized spacial score (nSPS) is 13.9. The number of benzene rings is 1. The number of methoxy groups -OCH3 is 1. The van der Waals surface area contributed by atoms with Gasteiger partial charge in [-0.25, -0.2) is 4.79 Å². The number of esters is 1. The summed E-state index contributed by atoms with van der Waals surface area (Å²) in [7, 11) is 1.16. The first kappa shape index (κ1) is 20.1. The van der Waals surface area contributed by atoms with E-state index in [4.69, 9.17) is 10.8 Å². The highest BCUT2D eigenvalue weighted by Gasteiger charge is 2.30. The van der Waals surface area contributed by atoms with Crippen molar-refractivity contribution in [3.05, 3.63) is 35.9 Å². The summed E-state index contributed by atoms with van der Waals surface area (Å²) in [6, 6.07) is 4.84. The van der Waals surface area contributed by atoms with Crippen LogP contribution in [0, 0.1) is 0 Å². The van der Waals surface area contributed by atoms with Gasteiger partial charge in [0.1, 0.15) is 6.04 Å². The van der Waals surface area contributed by atoms with E-state index in [0.717, 1.165) is 7.11 Å². The molecule has 0 bridgehead atoms. The molecule has 0 unspecified atom stereocenters. The van der Waals surface area contributed by atoms with Gasteiger partial charge in [-0.3, -0.25) is 14.4 Å². The van der Waals surface area contributed by atoms with E-state index in [1.165, 1.54) is 6.92 Å². The van der Waals surface area contributed by atoms with Crippen molar-refractivity contribution >= 4 is 23.8 Å². The lowest BCUT2D eigenvalue weighted by Gasteiger charge is -2.22. The van der Waals surface area contributed by atoms with Gasteiger partial charge in [0.15, 0.2) is 6.04 Å². The lowest BCUT2D eigenvalue weighted by Crippen LogP contribution is -2.52. The summed E-state index contributed by atoms with van der Waals surface area (Å²) in [5.41, 5.74) is 5.87. The fourth-order valence-corrected chi connectivity index (χ4v) is 1.97. The molecule has 0 fully saturated rings. The fourth-order valence-electron chi connectivity index (χ4n) is 1.97. The van der Waals surface area contributed by atoms with Gasteiger partial charge in [0.05, 0.1) is 19.6 Å². The van der Waals surface area contributed by atoms with Crippen LogP contribution in [0.3, 0.4) is 0 Å². The van der Waals surface area contributed by atoms with Crippen LogP contribution < -0.4 is 16.4 Å². The molecule has 0 aliphatic rings. The average molecular weight is 351 g/mol. The molecule has 9 nitrogen and oxygen atoms in total. The first-order valence-corrected chi connectivity index (χ1v) is 7.47. The number of amides is 2. The van der Waals surface area contributed by atoms with Gasteiger partial charge >= 0.3 is 11.9 Å². The lowest BCUT2D eigenvalue weighted by atomic mass is 10.1. The summed E-state index contributed by atoms with van der Waals surface area (Å²) in [6.07, 6.45) is -0.660. The van der Waals surface area contributed by atoms with Gasteiger partial charge in [-0.05, 0) is 12.5 Å². The quantitative estimate of drug-likeness (QED) is 0.454. The zero-order chi connectivity index (χ0) is 19.0. The monoisotopic (exact) mass is 351 g/mol. The second-order valence-corrected chi connectivity index (χ2v) is 5.32. The summed E-state index contributed by atoms with van der Waals surface area (Å²) in [6.45, 7) is 1.40. The smallest absolute Gasteiger partial charge is 0.333 e. The molecule has 9 heteroatoms. The maximum absolute atomic E-state index is 12.4. The predicted molar refractivity (Wildman–Crippen MR) is 87.2 cm³/mol. The SMILES string of the molecule is COC(=O)[C@@H](NC(=O)[C@H](CC(=O)O)NC(=O)[C@@H](C)N)c1ccccc1. The van der Waals surface area contributed by atoms with Crippen molar-refractivity contribution < 1.29 is 29.0 Å². The van der Waals surface area contributed by atoms with Crippen molar-refractivity contribution in [1.29, 1.82) is 0 Å². The molecule has 0 spiro atoms. The first-order valence-electron chi connectivity index (χ1n) is 7.47. The van der Waals surface area contributed by atoms with Gasteiger partial charge in [-0.1, -0.05) is 30.3 Å². The van der Waals surface area contributed by atoms with Gasteiger partial charge < -0.3 is 26.2 Å². The molecular formula is C16H21N3O6. The molecule has 0 saturated carbocycles. The van der Waals surface area contributed by atoms with Crippen molar-refractivity contribution in [2.24, 2.45) is 5.73 Å². The third-order valence-corrected chi connectivity index (χ3v) is 3.28. The minimum absolute atomic E-state index is 0.454. The topological polar surface area (TPSA) is 148 Å². The highest BCUT2D eigenvalue weighted by atomic mass is 16.5. The predicted octanol–water partition coefficient (Wildman–Crippen LogP) is -0.676. The minimum atomic E-state index is -1.38. The van der Waals surface area contributed by atoms with Gasteiger partial charge in [-0.2, -0.15) is 0 Å². The molecule has 1 aromatic carbocycles. The van der Waals surface area contributed by atoms with Crippen LogP contribution in [0.1, 0.15) is 24.9 Å². The van der Waals surface area contributed by atoms with Crippen LogP contribution in [-0.4, -0.2) is 48.1 Å². The maximum Gasteiger partial charge on any atom is 0.333 e. The molecule has 0 aliphatic carbocycles. The van der Waals surface area contributed by atoms with E-state index in [0.29, 0.717) is 5.56 Å². The van der Waals surface area contributed by atoms with E-state index in [1.54, 1.807) is 30.3 Å². The number of carbonyl (C=O) groups is 4. The van der Waals surface area contributed by atoms with Crippen molar-refractivity contribution in [3.63, 3.8) is 0 Å². The number of hydrogen-bond donors (Lipinski definition) is 4. The summed E-state index contributed by atoms with van der Waals surface area (Å²) in [4.78, 5) is 47.0. The van der Waals surface area contributed by atoms with Gasteiger partial charge in [-0.15, -0.1) is 0 Å². The van der Waals surface area contributed by atoms with Crippen LogP contribution in [0.4, 0.5) is 0 Å². The molecular weight excluding hydrogens is 330 g/mol. The van der Waals surface area contributed by atoms with Crippen LogP contribution >= 0.6 is 0 Å². The molecule has 136 valence electrons.